The Hall–Kier alpha value is -7.13. The van der Waals surface area contributed by atoms with Crippen LogP contribution in [0.1, 0.15) is 45.1 Å². The Balaban J connectivity index is 0.902. The highest BCUT2D eigenvalue weighted by molar-refractivity contribution is 9.10. The topological polar surface area (TPSA) is 231 Å². The van der Waals surface area contributed by atoms with E-state index in [9.17, 15) is 24.0 Å². The number of hydrogen-bond acceptors (Lipinski definition) is 16. The van der Waals surface area contributed by atoms with Crippen LogP contribution in [0.5, 0.6) is 11.5 Å². The lowest BCUT2D eigenvalue weighted by Crippen LogP contribution is -2.49. The molecule has 0 bridgehead atoms. The van der Waals surface area contributed by atoms with Gasteiger partial charge in [-0.1, -0.05) is 40.7 Å². The summed E-state index contributed by atoms with van der Waals surface area (Å²) >= 11 is 3.77. The maximum atomic E-state index is 14.1. The molecule has 1 saturated heterocycles. The van der Waals surface area contributed by atoms with Crippen LogP contribution in [0.3, 0.4) is 0 Å². The molecule has 4 heterocycles. The van der Waals surface area contributed by atoms with Crippen molar-refractivity contribution in [1.29, 1.82) is 0 Å². The Morgan fingerprint density at radius 1 is 1.01 bits per heavy atom. The summed E-state index contributed by atoms with van der Waals surface area (Å²) < 4.78 is 27.1. The van der Waals surface area contributed by atoms with Crippen LogP contribution in [0.15, 0.2) is 106 Å². The minimum Gasteiger partial charge on any atom is -0.497 e. The highest BCUT2D eigenvalue weighted by atomic mass is 79.9. The Morgan fingerprint density at radius 2 is 1.84 bits per heavy atom. The molecule has 0 spiro atoms. The lowest BCUT2D eigenvalue weighted by molar-refractivity contribution is -0.175. The fourth-order valence-corrected chi connectivity index (χ4v) is 8.55. The number of halogens is 1. The molecule has 1 fully saturated rings. The van der Waals surface area contributed by atoms with Crippen molar-refractivity contribution in [2.75, 3.05) is 64.9 Å². The van der Waals surface area contributed by atoms with Crippen molar-refractivity contribution in [1.82, 2.24) is 30.2 Å². The molecule has 70 heavy (non-hydrogen) atoms. The first kappa shape index (κ1) is 50.7. The van der Waals surface area contributed by atoms with E-state index in [1.807, 2.05) is 37.3 Å². The number of alkyl halides is 1. The third-order valence-corrected chi connectivity index (χ3v) is 12.7. The normalized spacial score (nSPS) is 19.1. The van der Waals surface area contributed by atoms with Crippen LogP contribution in [-0.2, 0) is 39.9 Å². The third kappa shape index (κ3) is 13.1. The van der Waals surface area contributed by atoms with E-state index in [4.69, 9.17) is 23.7 Å². The molecule has 3 amide bonds. The summed E-state index contributed by atoms with van der Waals surface area (Å²) in [5.74, 6) is -1.83. The Kier molecular flexibility index (Phi) is 17.3. The van der Waals surface area contributed by atoms with E-state index in [1.165, 1.54) is 16.7 Å². The number of aromatic amines is 1. The maximum absolute atomic E-state index is 14.1. The van der Waals surface area contributed by atoms with Gasteiger partial charge in [0, 0.05) is 55.9 Å². The van der Waals surface area contributed by atoms with Gasteiger partial charge in [0.25, 0.3) is 0 Å². The number of aliphatic imine (C=N–C) groups is 3. The highest BCUT2D eigenvalue weighted by Gasteiger charge is 2.42. The lowest BCUT2D eigenvalue weighted by atomic mass is 9.90. The molecule has 4 aliphatic rings. The molecular weight excluding hydrogens is 969 g/mol. The van der Waals surface area contributed by atoms with Crippen LogP contribution < -0.4 is 20.1 Å². The molecule has 370 valence electrons. The van der Waals surface area contributed by atoms with Gasteiger partial charge in [-0.05, 0) is 93.4 Å². The number of rotatable bonds is 21. The van der Waals surface area contributed by atoms with Gasteiger partial charge in [0.2, 0.25) is 18.0 Å². The van der Waals surface area contributed by atoms with Crippen molar-refractivity contribution in [3.63, 3.8) is 0 Å². The average Bonchev–Trinajstić information content (AvgIpc) is 4.19. The monoisotopic (exact) mass is 1020 g/mol. The summed E-state index contributed by atoms with van der Waals surface area (Å²) in [4.78, 5) is 85.2. The zero-order valence-corrected chi connectivity index (χ0v) is 40.9. The first-order valence-corrected chi connectivity index (χ1v) is 23.8. The van der Waals surface area contributed by atoms with Gasteiger partial charge in [-0.2, -0.15) is 5.10 Å². The van der Waals surface area contributed by atoms with Gasteiger partial charge in [0.05, 0.1) is 48.5 Å². The number of carbonyl (C=O) groups is 5. The molecule has 2 unspecified atom stereocenters. The van der Waals surface area contributed by atoms with Gasteiger partial charge in [-0.3, -0.25) is 39.5 Å². The van der Waals surface area contributed by atoms with Crippen LogP contribution in [0, 0.1) is 0 Å². The number of aromatic nitrogens is 2. The summed E-state index contributed by atoms with van der Waals surface area (Å²) in [6.07, 6.45) is 10.2. The molecule has 20 nitrogen and oxygen atoms in total. The molecule has 1 aromatic heterocycles. The molecule has 0 saturated carbocycles. The quantitative estimate of drug-likeness (QED) is 0.0541. The van der Waals surface area contributed by atoms with Crippen molar-refractivity contribution in [3.05, 3.63) is 96.6 Å². The number of nitrogens with one attached hydrogen (secondary N) is 3. The highest BCUT2D eigenvalue weighted by Crippen LogP contribution is 2.39. The zero-order valence-electron chi connectivity index (χ0n) is 39.3. The number of anilines is 1. The van der Waals surface area contributed by atoms with Crippen LogP contribution >= 0.6 is 15.9 Å². The predicted octanol–water partition coefficient (Wildman–Crippen LogP) is 5.19. The molecule has 3 aliphatic heterocycles. The van der Waals surface area contributed by atoms with E-state index in [0.29, 0.717) is 42.8 Å². The number of guanidine groups is 1. The Morgan fingerprint density at radius 3 is 2.61 bits per heavy atom. The van der Waals surface area contributed by atoms with Crippen LogP contribution in [0.25, 0.3) is 11.1 Å². The van der Waals surface area contributed by atoms with Crippen molar-refractivity contribution in [2.24, 2.45) is 15.0 Å². The third-order valence-electron chi connectivity index (χ3n) is 11.8. The van der Waals surface area contributed by atoms with Gasteiger partial charge in [0.1, 0.15) is 30.8 Å². The molecule has 3 N–H and O–H groups in total. The van der Waals surface area contributed by atoms with Crippen LogP contribution in [-0.4, -0.2) is 155 Å². The number of fused-ring (bicyclic) bond motifs is 1. The molecule has 1 aliphatic carbocycles. The van der Waals surface area contributed by atoms with E-state index in [2.05, 4.69) is 63.2 Å². The predicted molar refractivity (Wildman–Crippen MR) is 265 cm³/mol. The van der Waals surface area contributed by atoms with Gasteiger partial charge in [-0.15, -0.1) is 0 Å². The number of likely N-dealkylation sites (tertiary alicyclic amines) is 1. The van der Waals surface area contributed by atoms with E-state index in [-0.39, 0.29) is 44.5 Å². The molecule has 7 rings (SSSR count). The number of urea groups is 1. The standard InChI is InChI=1S/C49H57BrN10O10/c1-5-39(70-43(62)16-15-42(61)60-22-19-53-47(60)57-41-14-13-38-44(49(41,3)50)52-18-17-51-38)46(64)69-32(2)45(63)68-26-24-59(31-33-9-8-10-36(27-33)66-4)48(65)56-37-12-11-34(35-29-54-55-30-35)28-40(37)67-25-23-58-20-6-7-21-58/h5,8-14,17-18,27-30,32,39,44H,1,6-7,15-16,19-26,31H2,2-4H3,(H,53,57)(H,54,55)(H,56,65)/t32-,39-,44?,49?/m0/s1. The second kappa shape index (κ2) is 23.9. The van der Waals surface area contributed by atoms with Crippen molar-refractivity contribution in [3.8, 4) is 22.6 Å². The van der Waals surface area contributed by atoms with E-state index in [0.717, 1.165) is 66.6 Å². The van der Waals surface area contributed by atoms with E-state index >= 15 is 0 Å². The summed E-state index contributed by atoms with van der Waals surface area (Å²) in [5, 5.41) is 13.1. The Labute approximate surface area is 414 Å². The fraction of sp³-hybridized carbons (Fsp3) is 0.408. The Bertz CT molecular complexity index is 2550. The first-order chi connectivity index (χ1) is 33.8. The van der Waals surface area contributed by atoms with Crippen molar-refractivity contribution < 1.29 is 47.7 Å². The minimum absolute atomic E-state index is 0.0584. The van der Waals surface area contributed by atoms with Crippen molar-refractivity contribution >= 4 is 69.9 Å². The van der Waals surface area contributed by atoms with Crippen LogP contribution in [0.2, 0.25) is 0 Å². The van der Waals surface area contributed by atoms with Gasteiger partial charge >= 0.3 is 23.9 Å². The smallest absolute Gasteiger partial charge is 0.352 e. The number of H-pyrrole nitrogens is 1. The number of amides is 3. The maximum Gasteiger partial charge on any atom is 0.352 e. The molecule has 3 aromatic rings. The summed E-state index contributed by atoms with van der Waals surface area (Å²) in [6.45, 7) is 10.5. The van der Waals surface area contributed by atoms with Gasteiger partial charge in [0.15, 0.2) is 6.10 Å². The number of carbonyl (C=O) groups excluding carboxylic acids is 5. The molecule has 4 atom stereocenters. The minimum atomic E-state index is -1.58. The second-order valence-corrected chi connectivity index (χ2v) is 18.4. The molecule has 2 aromatic carbocycles. The molecular formula is C49H57BrN10O10. The van der Waals surface area contributed by atoms with Crippen LogP contribution in [0.4, 0.5) is 10.5 Å². The largest absolute Gasteiger partial charge is 0.497 e. The number of benzene rings is 2. The number of methoxy groups -OCH3 is 1. The van der Waals surface area contributed by atoms with E-state index < -0.39 is 40.5 Å². The second-order valence-electron chi connectivity index (χ2n) is 16.8. The average molecular weight is 1030 g/mol. The molecule has 0 radical (unpaired) electrons. The summed E-state index contributed by atoms with van der Waals surface area (Å²) in [6, 6.07) is 11.9. The number of esters is 3. The molecule has 21 heteroatoms. The van der Waals surface area contributed by atoms with Gasteiger partial charge < -0.3 is 39.2 Å². The van der Waals surface area contributed by atoms with Crippen molar-refractivity contribution in [2.45, 2.75) is 68.6 Å². The lowest BCUT2D eigenvalue weighted by Gasteiger charge is -2.36. The first-order valence-electron chi connectivity index (χ1n) is 23.0. The number of ether oxygens (including phenoxy) is 5. The number of allylic oxidation sites excluding steroid dienone is 2. The van der Waals surface area contributed by atoms with Gasteiger partial charge in [-0.25, -0.2) is 14.4 Å². The number of hydrogen-bond donors (Lipinski definition) is 3. The fourth-order valence-electron chi connectivity index (χ4n) is 7.97. The summed E-state index contributed by atoms with van der Waals surface area (Å²) in [5.41, 5.74) is 4.40. The zero-order chi connectivity index (χ0) is 49.6. The SMILES string of the molecule is C=C[C@H](OC(=O)CCC(=O)N1CCN=C1NC1=CC=C2N=CC=NC2C1(C)Br)C(=O)O[C@@H](C)C(=O)OCCN(Cc1cccc(OC)c1)C(=O)Nc1ccc(-c2cn[nH]c2)cc1OCCN1CCCC1. The number of nitrogens with zero attached hydrogens (tertiary/aromatic N) is 7. The van der Waals surface area contributed by atoms with E-state index in [1.54, 1.807) is 56.2 Å². The summed E-state index contributed by atoms with van der Waals surface area (Å²) in [7, 11) is 1.55.